The van der Waals surface area contributed by atoms with Gasteiger partial charge in [-0.1, -0.05) is 0 Å². The zero-order chi connectivity index (χ0) is 9.42. The van der Waals surface area contributed by atoms with Crippen LogP contribution in [0, 0.1) is 13.0 Å². The maximum atomic E-state index is 11.0. The highest BCUT2D eigenvalue weighted by atomic mass is 16.4. The van der Waals surface area contributed by atoms with Crippen molar-refractivity contribution in [1.29, 1.82) is 0 Å². The highest BCUT2D eigenvalue weighted by molar-refractivity contribution is 5.80. The number of phenolic OH excluding ortho intramolecular Hbond substituents is 1. The summed E-state index contributed by atoms with van der Waals surface area (Å²) in [5.41, 5.74) is 0.805. The third-order valence-corrected chi connectivity index (χ3v) is 1.87. The van der Waals surface area contributed by atoms with Crippen molar-refractivity contribution in [2.75, 3.05) is 0 Å². The molecule has 0 aliphatic rings. The lowest BCUT2D eigenvalue weighted by atomic mass is 10.1. The third kappa shape index (κ3) is 1.28. The summed E-state index contributed by atoms with van der Waals surface area (Å²) in [7, 11) is 0. The molecule has 1 aromatic heterocycles. The Morgan fingerprint density at radius 1 is 1.46 bits per heavy atom. The topological polar surface area (TPSA) is 50.4 Å². The van der Waals surface area contributed by atoms with Crippen LogP contribution in [0.25, 0.3) is 11.0 Å². The van der Waals surface area contributed by atoms with Gasteiger partial charge in [-0.2, -0.15) is 0 Å². The first-order valence-electron chi connectivity index (χ1n) is 3.82. The first kappa shape index (κ1) is 7.86. The Morgan fingerprint density at radius 2 is 2.23 bits per heavy atom. The molecule has 0 aliphatic heterocycles. The first-order chi connectivity index (χ1) is 6.16. The van der Waals surface area contributed by atoms with Gasteiger partial charge in [-0.3, -0.25) is 0 Å². The number of hydrogen-bond acceptors (Lipinski definition) is 3. The predicted octanol–water partition coefficient (Wildman–Crippen LogP) is 1.61. The summed E-state index contributed by atoms with van der Waals surface area (Å²) in [6, 6.07) is 7.02. The normalized spacial score (nSPS) is 10.5. The average molecular weight is 175 g/mol. The van der Waals surface area contributed by atoms with Crippen molar-refractivity contribution in [3.63, 3.8) is 0 Å². The van der Waals surface area contributed by atoms with Gasteiger partial charge in [-0.25, -0.2) is 4.79 Å². The predicted molar refractivity (Wildman–Crippen MR) is 47.7 cm³/mol. The lowest BCUT2D eigenvalue weighted by Crippen LogP contribution is -1.97. The summed E-state index contributed by atoms with van der Waals surface area (Å²) in [4.78, 5) is 11.0. The molecule has 2 rings (SSSR count). The summed E-state index contributed by atoms with van der Waals surface area (Å²) in [6.07, 6.45) is 0. The molecule has 0 spiro atoms. The third-order valence-electron chi connectivity index (χ3n) is 1.87. The Balaban J connectivity index is 2.94. The number of benzene rings is 1. The Morgan fingerprint density at radius 3 is 3.00 bits per heavy atom. The van der Waals surface area contributed by atoms with Crippen LogP contribution in [0.4, 0.5) is 0 Å². The van der Waals surface area contributed by atoms with Crippen molar-refractivity contribution >= 4 is 11.0 Å². The average Bonchev–Trinajstić information content (AvgIpc) is 2.02. The van der Waals surface area contributed by atoms with E-state index in [1.165, 1.54) is 12.1 Å². The van der Waals surface area contributed by atoms with Gasteiger partial charge in [0.1, 0.15) is 11.3 Å². The van der Waals surface area contributed by atoms with Crippen LogP contribution in [-0.2, 0) is 0 Å². The zero-order valence-corrected chi connectivity index (χ0v) is 7.00. The van der Waals surface area contributed by atoms with Crippen LogP contribution in [0.1, 0.15) is 5.56 Å². The molecule has 1 heterocycles. The molecule has 0 saturated carbocycles. The van der Waals surface area contributed by atoms with E-state index in [0.717, 1.165) is 10.9 Å². The zero-order valence-electron chi connectivity index (χ0n) is 7.00. The van der Waals surface area contributed by atoms with E-state index in [9.17, 15) is 4.79 Å². The Kier molecular flexibility index (Phi) is 1.59. The van der Waals surface area contributed by atoms with Gasteiger partial charge >= 0.3 is 5.63 Å². The van der Waals surface area contributed by atoms with Crippen LogP contribution < -0.4 is 5.63 Å². The molecule has 3 heteroatoms. The van der Waals surface area contributed by atoms with E-state index < -0.39 is 5.63 Å². The van der Waals surface area contributed by atoms with E-state index in [1.54, 1.807) is 6.07 Å². The summed E-state index contributed by atoms with van der Waals surface area (Å²) in [5.74, 6) is -0.0266. The quantitative estimate of drug-likeness (QED) is 0.619. The summed E-state index contributed by atoms with van der Waals surface area (Å²) in [5, 5.41) is 9.88. The molecular weight excluding hydrogens is 168 g/mol. The summed E-state index contributed by atoms with van der Waals surface area (Å²) < 4.78 is 4.89. The minimum atomic E-state index is -0.407. The summed E-state index contributed by atoms with van der Waals surface area (Å²) in [6.45, 7) is 1.81. The SMILES string of the molecule is Cc1cc(=O)oc2cc(O)[c]cc12. The second kappa shape index (κ2) is 2.62. The Bertz CT molecular complexity index is 511. The smallest absolute Gasteiger partial charge is 0.336 e. The van der Waals surface area contributed by atoms with E-state index in [-0.39, 0.29) is 5.75 Å². The van der Waals surface area contributed by atoms with Gasteiger partial charge in [0.05, 0.1) is 0 Å². The first-order valence-corrected chi connectivity index (χ1v) is 3.82. The molecule has 65 valence electrons. The van der Waals surface area contributed by atoms with Gasteiger partial charge < -0.3 is 9.52 Å². The lowest BCUT2D eigenvalue weighted by molar-refractivity contribution is 0.472. The Labute approximate surface area is 74.2 Å². The number of fused-ring (bicyclic) bond motifs is 1. The molecule has 0 bridgehead atoms. The van der Waals surface area contributed by atoms with Crippen LogP contribution in [-0.4, -0.2) is 5.11 Å². The van der Waals surface area contributed by atoms with Crippen molar-refractivity contribution in [2.24, 2.45) is 0 Å². The lowest BCUT2D eigenvalue weighted by Gasteiger charge is -1.99. The fourth-order valence-corrected chi connectivity index (χ4v) is 1.25. The van der Waals surface area contributed by atoms with Gasteiger partial charge in [0, 0.05) is 23.6 Å². The van der Waals surface area contributed by atoms with E-state index >= 15 is 0 Å². The van der Waals surface area contributed by atoms with Crippen LogP contribution >= 0.6 is 0 Å². The molecule has 1 radical (unpaired) electrons. The van der Waals surface area contributed by atoms with Crippen LogP contribution in [0.2, 0.25) is 0 Å². The number of hydrogen-bond donors (Lipinski definition) is 1. The molecule has 13 heavy (non-hydrogen) atoms. The molecular formula is C10H7O3. The molecule has 0 amide bonds. The van der Waals surface area contributed by atoms with Gasteiger partial charge in [0.25, 0.3) is 0 Å². The second-order valence-corrected chi connectivity index (χ2v) is 2.84. The van der Waals surface area contributed by atoms with E-state index in [0.29, 0.717) is 5.58 Å². The maximum absolute atomic E-state index is 11.0. The Hall–Kier alpha value is -1.77. The molecule has 2 aromatic rings. The van der Waals surface area contributed by atoms with Crippen molar-refractivity contribution < 1.29 is 9.52 Å². The van der Waals surface area contributed by atoms with Crippen molar-refractivity contribution in [3.05, 3.63) is 40.2 Å². The maximum Gasteiger partial charge on any atom is 0.336 e. The van der Waals surface area contributed by atoms with Crippen LogP contribution in [0.3, 0.4) is 0 Å². The number of phenols is 1. The molecule has 0 saturated heterocycles. The number of rotatable bonds is 0. The highest BCUT2D eigenvalue weighted by Crippen LogP contribution is 2.20. The van der Waals surface area contributed by atoms with E-state index in [2.05, 4.69) is 6.07 Å². The fraction of sp³-hybridized carbons (Fsp3) is 0.100. The molecule has 1 N–H and O–H groups in total. The van der Waals surface area contributed by atoms with Gasteiger partial charge in [0.15, 0.2) is 0 Å². The van der Waals surface area contributed by atoms with E-state index in [1.807, 2.05) is 6.92 Å². The monoisotopic (exact) mass is 175 g/mol. The second-order valence-electron chi connectivity index (χ2n) is 2.84. The minimum Gasteiger partial charge on any atom is -0.507 e. The molecule has 3 nitrogen and oxygen atoms in total. The molecule has 1 aromatic carbocycles. The van der Waals surface area contributed by atoms with Gasteiger partial charge in [-0.05, 0) is 18.6 Å². The van der Waals surface area contributed by atoms with Crippen molar-refractivity contribution in [2.45, 2.75) is 6.92 Å². The standard InChI is InChI=1S/C10H7O3/c1-6-4-10(12)13-9-5-7(11)2-3-8(6)9/h3-5,11H,1H3. The number of aryl methyl sites for hydroxylation is 1. The van der Waals surface area contributed by atoms with E-state index in [4.69, 9.17) is 9.52 Å². The fourth-order valence-electron chi connectivity index (χ4n) is 1.25. The molecule has 0 fully saturated rings. The van der Waals surface area contributed by atoms with Crippen molar-refractivity contribution in [3.8, 4) is 5.75 Å². The molecule has 0 atom stereocenters. The van der Waals surface area contributed by atoms with Crippen LogP contribution in [0.5, 0.6) is 5.75 Å². The minimum absolute atomic E-state index is 0.0266. The van der Waals surface area contributed by atoms with Gasteiger partial charge in [-0.15, -0.1) is 0 Å². The van der Waals surface area contributed by atoms with Crippen LogP contribution in [0.15, 0.2) is 27.4 Å². The van der Waals surface area contributed by atoms with Crippen molar-refractivity contribution in [1.82, 2.24) is 0 Å². The van der Waals surface area contributed by atoms with Gasteiger partial charge in [0.2, 0.25) is 0 Å². The molecule has 0 unspecified atom stereocenters. The highest BCUT2D eigenvalue weighted by Gasteiger charge is 2.02. The largest absolute Gasteiger partial charge is 0.507 e. The summed E-state index contributed by atoms with van der Waals surface area (Å²) >= 11 is 0. The number of aromatic hydroxyl groups is 1. The molecule has 0 aliphatic carbocycles.